The van der Waals surface area contributed by atoms with Crippen molar-refractivity contribution in [2.75, 3.05) is 13.6 Å². The molecule has 4 nitrogen and oxygen atoms in total. The molecule has 1 rings (SSSR count). The van der Waals surface area contributed by atoms with E-state index >= 15 is 0 Å². The maximum atomic E-state index is 11.4. The second-order valence-corrected chi connectivity index (χ2v) is 3.31. The van der Waals surface area contributed by atoms with Crippen LogP contribution >= 0.6 is 0 Å². The summed E-state index contributed by atoms with van der Waals surface area (Å²) in [4.78, 5) is 11.4. The zero-order valence-corrected chi connectivity index (χ0v) is 8.54. The van der Waals surface area contributed by atoms with Crippen LogP contribution in [0.2, 0.25) is 0 Å². The van der Waals surface area contributed by atoms with Gasteiger partial charge in [-0.1, -0.05) is 6.92 Å². The molecule has 78 valence electrons. The molecule has 0 aliphatic rings. The molecule has 0 aliphatic heterocycles. The van der Waals surface area contributed by atoms with Crippen LogP contribution in [0.25, 0.3) is 0 Å². The van der Waals surface area contributed by atoms with Crippen LogP contribution in [0.1, 0.15) is 12.5 Å². The fourth-order valence-electron chi connectivity index (χ4n) is 1.16. The van der Waals surface area contributed by atoms with E-state index in [4.69, 9.17) is 4.42 Å². The van der Waals surface area contributed by atoms with Gasteiger partial charge in [-0.25, -0.2) is 0 Å². The first-order chi connectivity index (χ1) is 6.74. The Morgan fingerprint density at radius 1 is 1.64 bits per heavy atom. The Bertz CT molecular complexity index is 270. The van der Waals surface area contributed by atoms with Crippen LogP contribution in [0.3, 0.4) is 0 Å². The number of furan rings is 1. The highest BCUT2D eigenvalue weighted by molar-refractivity contribution is 5.78. The van der Waals surface area contributed by atoms with Crippen molar-refractivity contribution < 1.29 is 9.21 Å². The molecule has 0 spiro atoms. The van der Waals surface area contributed by atoms with Crippen molar-refractivity contribution in [3.05, 3.63) is 24.2 Å². The van der Waals surface area contributed by atoms with Gasteiger partial charge in [-0.2, -0.15) is 0 Å². The summed E-state index contributed by atoms with van der Waals surface area (Å²) < 4.78 is 4.89. The summed E-state index contributed by atoms with van der Waals surface area (Å²) in [6.07, 6.45) is 3.22. The van der Waals surface area contributed by atoms with Gasteiger partial charge in [0.15, 0.2) is 0 Å². The predicted octanol–water partition coefficient (Wildman–Crippen LogP) is 0.751. The zero-order valence-electron chi connectivity index (χ0n) is 8.54. The topological polar surface area (TPSA) is 54.3 Å². The maximum absolute atomic E-state index is 11.4. The van der Waals surface area contributed by atoms with E-state index in [1.165, 1.54) is 0 Å². The normalized spacial score (nSPS) is 12.4. The van der Waals surface area contributed by atoms with E-state index in [1.807, 2.05) is 20.0 Å². The van der Waals surface area contributed by atoms with Crippen molar-refractivity contribution >= 4 is 5.91 Å². The predicted molar refractivity (Wildman–Crippen MR) is 53.6 cm³/mol. The molecule has 0 saturated heterocycles. The molecule has 1 amide bonds. The van der Waals surface area contributed by atoms with Crippen LogP contribution in [-0.2, 0) is 11.3 Å². The third kappa shape index (κ3) is 3.22. The molecule has 0 fully saturated rings. The van der Waals surface area contributed by atoms with Gasteiger partial charge in [-0.3, -0.25) is 4.79 Å². The van der Waals surface area contributed by atoms with Crippen LogP contribution in [0.4, 0.5) is 0 Å². The standard InChI is InChI=1S/C10H16N2O2/c1-8(5-11-2)10(13)12-6-9-3-4-14-7-9/h3-4,7-8,11H,5-6H2,1-2H3,(H,12,13). The van der Waals surface area contributed by atoms with Crippen LogP contribution < -0.4 is 10.6 Å². The van der Waals surface area contributed by atoms with E-state index in [0.717, 1.165) is 5.56 Å². The first-order valence-corrected chi connectivity index (χ1v) is 4.67. The molecule has 1 atom stereocenters. The molecule has 14 heavy (non-hydrogen) atoms. The lowest BCUT2D eigenvalue weighted by atomic mass is 10.1. The minimum Gasteiger partial charge on any atom is -0.472 e. The van der Waals surface area contributed by atoms with Gasteiger partial charge in [0.25, 0.3) is 0 Å². The van der Waals surface area contributed by atoms with Crippen molar-refractivity contribution in [3.8, 4) is 0 Å². The number of hydrogen-bond acceptors (Lipinski definition) is 3. The largest absolute Gasteiger partial charge is 0.472 e. The van der Waals surface area contributed by atoms with E-state index in [-0.39, 0.29) is 11.8 Å². The van der Waals surface area contributed by atoms with Gasteiger partial charge in [0, 0.05) is 24.6 Å². The average molecular weight is 196 g/mol. The smallest absolute Gasteiger partial charge is 0.224 e. The van der Waals surface area contributed by atoms with Crippen molar-refractivity contribution in [3.63, 3.8) is 0 Å². The fourth-order valence-corrected chi connectivity index (χ4v) is 1.16. The zero-order chi connectivity index (χ0) is 10.4. The van der Waals surface area contributed by atoms with E-state index in [0.29, 0.717) is 13.1 Å². The second kappa shape index (κ2) is 5.44. The van der Waals surface area contributed by atoms with Gasteiger partial charge in [0.2, 0.25) is 5.91 Å². The molecule has 1 aromatic heterocycles. The highest BCUT2D eigenvalue weighted by atomic mass is 16.3. The lowest BCUT2D eigenvalue weighted by Gasteiger charge is -2.10. The molecule has 1 aromatic rings. The summed E-state index contributed by atoms with van der Waals surface area (Å²) in [5, 5.41) is 5.79. The molecule has 4 heteroatoms. The van der Waals surface area contributed by atoms with Crippen LogP contribution in [0.5, 0.6) is 0 Å². The Balaban J connectivity index is 2.27. The summed E-state index contributed by atoms with van der Waals surface area (Å²) in [7, 11) is 1.83. The summed E-state index contributed by atoms with van der Waals surface area (Å²) in [5.74, 6) is 0.0486. The second-order valence-electron chi connectivity index (χ2n) is 3.31. The summed E-state index contributed by atoms with van der Waals surface area (Å²) in [6.45, 7) is 3.11. The van der Waals surface area contributed by atoms with Gasteiger partial charge in [-0.15, -0.1) is 0 Å². The third-order valence-corrected chi connectivity index (χ3v) is 2.00. The highest BCUT2D eigenvalue weighted by Crippen LogP contribution is 2.00. The number of carbonyl (C=O) groups is 1. The Kier molecular flexibility index (Phi) is 4.19. The summed E-state index contributed by atoms with van der Waals surface area (Å²) in [6, 6.07) is 1.84. The van der Waals surface area contributed by atoms with Gasteiger partial charge in [0.05, 0.1) is 12.5 Å². The molecule has 0 radical (unpaired) electrons. The molecule has 1 heterocycles. The van der Waals surface area contributed by atoms with Crippen molar-refractivity contribution in [2.45, 2.75) is 13.5 Å². The SMILES string of the molecule is CNCC(C)C(=O)NCc1ccoc1. The van der Waals surface area contributed by atoms with Crippen LogP contribution in [0, 0.1) is 5.92 Å². The van der Waals surface area contributed by atoms with Crippen molar-refractivity contribution in [1.29, 1.82) is 0 Å². The number of carbonyl (C=O) groups excluding carboxylic acids is 1. The lowest BCUT2D eigenvalue weighted by molar-refractivity contribution is -0.124. The van der Waals surface area contributed by atoms with E-state index < -0.39 is 0 Å². The maximum Gasteiger partial charge on any atom is 0.224 e. The first kappa shape index (κ1) is 10.8. The third-order valence-electron chi connectivity index (χ3n) is 2.00. The van der Waals surface area contributed by atoms with Gasteiger partial charge < -0.3 is 15.1 Å². The van der Waals surface area contributed by atoms with Crippen molar-refractivity contribution in [1.82, 2.24) is 10.6 Å². The minimum absolute atomic E-state index is 0.00750. The van der Waals surface area contributed by atoms with Crippen molar-refractivity contribution in [2.24, 2.45) is 5.92 Å². The Labute approximate surface area is 83.7 Å². The Hall–Kier alpha value is -1.29. The molecule has 0 saturated carbocycles. The fraction of sp³-hybridized carbons (Fsp3) is 0.500. The lowest BCUT2D eigenvalue weighted by Crippen LogP contribution is -2.33. The Morgan fingerprint density at radius 3 is 3.00 bits per heavy atom. The molecule has 2 N–H and O–H groups in total. The van der Waals surface area contributed by atoms with Crippen LogP contribution in [-0.4, -0.2) is 19.5 Å². The monoisotopic (exact) mass is 196 g/mol. The summed E-state index contributed by atoms with van der Waals surface area (Å²) in [5.41, 5.74) is 0.981. The van der Waals surface area contributed by atoms with Gasteiger partial charge in [-0.05, 0) is 13.1 Å². The average Bonchev–Trinajstić information content (AvgIpc) is 2.67. The molecule has 0 aromatic carbocycles. The van der Waals surface area contributed by atoms with Gasteiger partial charge in [0.1, 0.15) is 0 Å². The minimum atomic E-state index is -0.00750. The van der Waals surface area contributed by atoms with E-state index in [1.54, 1.807) is 12.5 Å². The molecule has 0 aliphatic carbocycles. The molecule has 1 unspecified atom stereocenters. The number of rotatable bonds is 5. The number of nitrogens with one attached hydrogen (secondary N) is 2. The molecular weight excluding hydrogens is 180 g/mol. The Morgan fingerprint density at radius 2 is 2.43 bits per heavy atom. The van der Waals surface area contributed by atoms with Crippen LogP contribution in [0.15, 0.2) is 23.0 Å². The molecular formula is C10H16N2O2. The quantitative estimate of drug-likeness (QED) is 0.730. The van der Waals surface area contributed by atoms with E-state index in [2.05, 4.69) is 10.6 Å². The first-order valence-electron chi connectivity index (χ1n) is 4.67. The number of hydrogen-bond donors (Lipinski definition) is 2. The van der Waals surface area contributed by atoms with Gasteiger partial charge >= 0.3 is 0 Å². The van der Waals surface area contributed by atoms with E-state index in [9.17, 15) is 4.79 Å². The summed E-state index contributed by atoms with van der Waals surface area (Å²) >= 11 is 0. The highest BCUT2D eigenvalue weighted by Gasteiger charge is 2.10. The number of amides is 1. The molecule has 0 bridgehead atoms.